The highest BCUT2D eigenvalue weighted by molar-refractivity contribution is 7.89. The lowest BCUT2D eigenvalue weighted by Crippen LogP contribution is -2.15. The van der Waals surface area contributed by atoms with Crippen LogP contribution in [0.1, 0.15) is 15.9 Å². The first-order chi connectivity index (χ1) is 11.3. The van der Waals surface area contributed by atoms with E-state index in [4.69, 9.17) is 9.88 Å². The normalized spacial score (nSPS) is 11.1. The molecule has 0 heterocycles. The van der Waals surface area contributed by atoms with Crippen LogP contribution in [0.25, 0.3) is 0 Å². The van der Waals surface area contributed by atoms with Gasteiger partial charge in [-0.25, -0.2) is 18.4 Å². The Morgan fingerprint density at radius 1 is 1.21 bits per heavy atom. The number of anilines is 1. The Morgan fingerprint density at radius 3 is 2.42 bits per heavy atom. The molecule has 0 atom stereocenters. The fourth-order valence-electron chi connectivity index (χ4n) is 2.17. The van der Waals surface area contributed by atoms with Crippen molar-refractivity contribution in [3.8, 4) is 5.75 Å². The Morgan fingerprint density at radius 2 is 1.88 bits per heavy atom. The number of carbonyl (C=O) groups is 1. The second kappa shape index (κ2) is 7.33. The van der Waals surface area contributed by atoms with Gasteiger partial charge in [0.1, 0.15) is 5.75 Å². The number of primary sulfonamides is 1. The van der Waals surface area contributed by atoms with Crippen molar-refractivity contribution >= 4 is 21.7 Å². The lowest BCUT2D eigenvalue weighted by Gasteiger charge is -2.11. The summed E-state index contributed by atoms with van der Waals surface area (Å²) in [5.74, 6) is -0.467. The number of rotatable bonds is 7. The summed E-state index contributed by atoms with van der Waals surface area (Å²) in [4.78, 5) is 11.1. The van der Waals surface area contributed by atoms with Crippen molar-refractivity contribution in [3.05, 3.63) is 53.6 Å². The summed E-state index contributed by atoms with van der Waals surface area (Å²) in [6.07, 6.45) is 0.667. The second-order valence-electron chi connectivity index (χ2n) is 5.08. The molecule has 0 radical (unpaired) electrons. The van der Waals surface area contributed by atoms with Crippen molar-refractivity contribution in [1.82, 2.24) is 0 Å². The minimum Gasteiger partial charge on any atom is -0.497 e. The van der Waals surface area contributed by atoms with Crippen LogP contribution in [-0.4, -0.2) is 33.1 Å². The van der Waals surface area contributed by atoms with Crippen molar-refractivity contribution in [1.29, 1.82) is 0 Å². The molecular formula is C16H18N2O5S. The third-order valence-corrected chi connectivity index (χ3v) is 4.35. The van der Waals surface area contributed by atoms with Crippen molar-refractivity contribution < 1.29 is 23.1 Å². The molecule has 0 aromatic heterocycles. The number of nitrogens with one attached hydrogen (secondary N) is 1. The van der Waals surface area contributed by atoms with Crippen LogP contribution in [0.4, 0.5) is 5.69 Å². The van der Waals surface area contributed by atoms with E-state index in [1.54, 1.807) is 7.11 Å². The standard InChI is InChI=1S/C16H18N2O5S/c1-23-12-4-2-11(3-5-12)8-9-18-15-7-6-13(24(17,21)22)10-14(15)16(19)20/h2-7,10,18H,8-9H2,1H3,(H,19,20)(H2,17,21,22). The van der Waals surface area contributed by atoms with Gasteiger partial charge in [-0.05, 0) is 42.3 Å². The third-order valence-electron chi connectivity index (χ3n) is 3.44. The van der Waals surface area contributed by atoms with Crippen molar-refractivity contribution in [3.63, 3.8) is 0 Å². The summed E-state index contributed by atoms with van der Waals surface area (Å²) in [6, 6.07) is 11.3. The summed E-state index contributed by atoms with van der Waals surface area (Å²) < 4.78 is 27.7. The molecule has 0 amide bonds. The van der Waals surface area contributed by atoms with E-state index < -0.39 is 16.0 Å². The number of ether oxygens (including phenoxy) is 1. The van der Waals surface area contributed by atoms with Crippen LogP contribution in [0.15, 0.2) is 47.4 Å². The van der Waals surface area contributed by atoms with Crippen molar-refractivity contribution in [2.45, 2.75) is 11.3 Å². The summed E-state index contributed by atoms with van der Waals surface area (Å²) in [5.41, 5.74) is 1.25. The highest BCUT2D eigenvalue weighted by Gasteiger charge is 2.15. The highest BCUT2D eigenvalue weighted by Crippen LogP contribution is 2.20. The van der Waals surface area contributed by atoms with Gasteiger partial charge in [-0.15, -0.1) is 0 Å². The number of hydrogen-bond acceptors (Lipinski definition) is 5. The van der Waals surface area contributed by atoms with E-state index in [0.29, 0.717) is 18.7 Å². The zero-order chi connectivity index (χ0) is 17.7. The van der Waals surface area contributed by atoms with Crippen LogP contribution < -0.4 is 15.2 Å². The van der Waals surface area contributed by atoms with E-state index in [9.17, 15) is 18.3 Å². The Labute approximate surface area is 140 Å². The number of nitrogens with two attached hydrogens (primary N) is 1. The maximum atomic E-state index is 11.3. The van der Waals surface area contributed by atoms with E-state index in [0.717, 1.165) is 17.4 Å². The predicted molar refractivity (Wildman–Crippen MR) is 90.0 cm³/mol. The van der Waals surface area contributed by atoms with Gasteiger partial charge in [0.05, 0.1) is 17.6 Å². The van der Waals surface area contributed by atoms with Gasteiger partial charge in [0.2, 0.25) is 10.0 Å². The SMILES string of the molecule is COc1ccc(CCNc2ccc(S(N)(=O)=O)cc2C(=O)O)cc1. The minimum atomic E-state index is -3.95. The van der Waals surface area contributed by atoms with Crippen LogP contribution in [0.3, 0.4) is 0 Å². The number of benzene rings is 2. The summed E-state index contributed by atoms with van der Waals surface area (Å²) in [6.45, 7) is 0.487. The zero-order valence-corrected chi connectivity index (χ0v) is 13.8. The lowest BCUT2D eigenvalue weighted by molar-refractivity contribution is 0.0697. The van der Waals surface area contributed by atoms with Gasteiger partial charge < -0.3 is 15.2 Å². The van der Waals surface area contributed by atoms with E-state index in [1.165, 1.54) is 12.1 Å². The van der Waals surface area contributed by atoms with Gasteiger partial charge in [-0.3, -0.25) is 0 Å². The van der Waals surface area contributed by atoms with E-state index >= 15 is 0 Å². The zero-order valence-electron chi connectivity index (χ0n) is 13.0. The van der Waals surface area contributed by atoms with Gasteiger partial charge in [-0.2, -0.15) is 0 Å². The maximum absolute atomic E-state index is 11.3. The molecule has 2 aromatic carbocycles. The molecule has 128 valence electrons. The lowest BCUT2D eigenvalue weighted by atomic mass is 10.1. The monoisotopic (exact) mass is 350 g/mol. The van der Waals surface area contributed by atoms with Crippen molar-refractivity contribution in [2.24, 2.45) is 5.14 Å². The number of aromatic carboxylic acids is 1. The molecule has 0 unspecified atom stereocenters. The number of hydrogen-bond donors (Lipinski definition) is 3. The predicted octanol–water partition coefficient (Wildman–Crippen LogP) is 1.70. The van der Waals surface area contributed by atoms with E-state index in [2.05, 4.69) is 5.32 Å². The molecule has 0 saturated heterocycles. The first-order valence-electron chi connectivity index (χ1n) is 7.08. The summed E-state index contributed by atoms with van der Waals surface area (Å²) in [5, 5.41) is 17.3. The fraction of sp³-hybridized carbons (Fsp3) is 0.188. The molecule has 0 spiro atoms. The molecule has 0 aliphatic heterocycles. The first-order valence-corrected chi connectivity index (χ1v) is 8.63. The van der Waals surface area contributed by atoms with Gasteiger partial charge >= 0.3 is 5.97 Å². The fourth-order valence-corrected chi connectivity index (χ4v) is 2.70. The molecular weight excluding hydrogens is 332 g/mol. The van der Waals surface area contributed by atoms with Crippen LogP contribution in [0, 0.1) is 0 Å². The molecule has 0 saturated carbocycles. The van der Waals surface area contributed by atoms with Crippen LogP contribution in [0.5, 0.6) is 5.75 Å². The van der Waals surface area contributed by atoms with Gasteiger partial charge in [0, 0.05) is 12.2 Å². The Balaban J connectivity index is 2.10. The van der Waals surface area contributed by atoms with Gasteiger partial charge in [0.25, 0.3) is 0 Å². The molecule has 0 bridgehead atoms. The Bertz CT molecular complexity index is 832. The van der Waals surface area contributed by atoms with Crippen LogP contribution in [0.2, 0.25) is 0 Å². The van der Waals surface area contributed by atoms with E-state index in [-0.39, 0.29) is 10.5 Å². The third kappa shape index (κ3) is 4.46. The van der Waals surface area contributed by atoms with E-state index in [1.807, 2.05) is 24.3 Å². The summed E-state index contributed by atoms with van der Waals surface area (Å²) in [7, 11) is -2.36. The second-order valence-corrected chi connectivity index (χ2v) is 6.64. The highest BCUT2D eigenvalue weighted by atomic mass is 32.2. The average Bonchev–Trinajstić information content (AvgIpc) is 2.54. The number of sulfonamides is 1. The number of methoxy groups -OCH3 is 1. The van der Waals surface area contributed by atoms with Gasteiger partial charge in [0.15, 0.2) is 0 Å². The Hall–Kier alpha value is -2.58. The summed E-state index contributed by atoms with van der Waals surface area (Å²) >= 11 is 0. The van der Waals surface area contributed by atoms with Crippen LogP contribution in [-0.2, 0) is 16.4 Å². The first kappa shape index (κ1) is 17.8. The molecule has 0 aliphatic carbocycles. The molecule has 4 N–H and O–H groups in total. The Kier molecular flexibility index (Phi) is 5.42. The average molecular weight is 350 g/mol. The molecule has 0 fully saturated rings. The maximum Gasteiger partial charge on any atom is 0.337 e. The topological polar surface area (TPSA) is 119 Å². The molecule has 7 nitrogen and oxygen atoms in total. The largest absolute Gasteiger partial charge is 0.497 e. The molecule has 2 aromatic rings. The molecule has 24 heavy (non-hydrogen) atoms. The minimum absolute atomic E-state index is 0.142. The van der Waals surface area contributed by atoms with Gasteiger partial charge in [-0.1, -0.05) is 12.1 Å². The van der Waals surface area contributed by atoms with Crippen LogP contribution >= 0.6 is 0 Å². The quantitative estimate of drug-likeness (QED) is 0.699. The molecule has 8 heteroatoms. The number of carboxylic acid groups (broad SMARTS) is 1. The molecule has 0 aliphatic rings. The number of carboxylic acids is 1. The molecule has 2 rings (SSSR count). The smallest absolute Gasteiger partial charge is 0.337 e. The van der Waals surface area contributed by atoms with Crippen molar-refractivity contribution in [2.75, 3.05) is 19.0 Å².